The average Bonchev–Trinajstić information content (AvgIpc) is 3.22. The molecule has 2 unspecified atom stereocenters. The predicted molar refractivity (Wildman–Crippen MR) is 144 cm³/mol. The molecule has 2 aliphatic rings. The number of halogens is 1. The van der Waals surface area contributed by atoms with Crippen molar-refractivity contribution in [3.8, 4) is 0 Å². The van der Waals surface area contributed by atoms with Gasteiger partial charge in [-0.15, -0.1) is 0 Å². The summed E-state index contributed by atoms with van der Waals surface area (Å²) in [6, 6.07) is 5.21. The fourth-order valence-electron chi connectivity index (χ4n) is 4.69. The molecule has 2 heterocycles. The van der Waals surface area contributed by atoms with Crippen LogP contribution in [0.15, 0.2) is 18.2 Å². The van der Waals surface area contributed by atoms with Crippen LogP contribution in [0, 0.1) is 12.8 Å². The number of anilines is 1. The van der Waals surface area contributed by atoms with E-state index in [9.17, 15) is 14.4 Å². The zero-order valence-corrected chi connectivity index (χ0v) is 23.9. The highest BCUT2D eigenvalue weighted by Gasteiger charge is 2.43. The van der Waals surface area contributed by atoms with Crippen molar-refractivity contribution in [1.29, 1.82) is 0 Å². The van der Waals surface area contributed by atoms with Crippen LogP contribution >= 0.6 is 11.6 Å². The first-order valence-corrected chi connectivity index (χ1v) is 13.3. The van der Waals surface area contributed by atoms with E-state index < -0.39 is 29.4 Å². The molecule has 1 N–H and O–H groups in total. The molecule has 0 aromatic heterocycles. The number of likely N-dealkylation sites (tertiary alicyclic amines) is 1. The van der Waals surface area contributed by atoms with Crippen molar-refractivity contribution in [2.24, 2.45) is 5.92 Å². The fraction of sp³-hybridized carbons (Fsp3) is 0.667. The summed E-state index contributed by atoms with van der Waals surface area (Å²) in [6.07, 6.45) is -0.584. The Balaban J connectivity index is 1.66. The van der Waals surface area contributed by atoms with Gasteiger partial charge in [0.15, 0.2) is 0 Å². The van der Waals surface area contributed by atoms with Crippen LogP contribution in [0.1, 0.15) is 53.5 Å². The Morgan fingerprint density at radius 2 is 1.62 bits per heavy atom. The minimum atomic E-state index is -0.683. The second kappa shape index (κ2) is 11.4. The van der Waals surface area contributed by atoms with E-state index in [1.165, 1.54) is 4.90 Å². The number of hydrogen-bond acceptors (Lipinski definition) is 6. The number of carbonyl (C=O) groups is 3. The highest BCUT2D eigenvalue weighted by molar-refractivity contribution is 6.31. The van der Waals surface area contributed by atoms with Crippen LogP contribution in [-0.2, 0) is 14.3 Å². The van der Waals surface area contributed by atoms with Gasteiger partial charge in [0, 0.05) is 50.0 Å². The SMILES string of the molecule is Cc1c(Cl)cccc1N1CCN(C(=O)C2CC(CNC(=O)OC(C)(C)C)CN2C(=O)OC(C)(C)C)CC1. The lowest BCUT2D eigenvalue weighted by Crippen LogP contribution is -2.55. The number of hydrogen-bond donors (Lipinski definition) is 1. The first-order valence-electron chi connectivity index (χ1n) is 12.9. The van der Waals surface area contributed by atoms with E-state index >= 15 is 0 Å². The molecule has 37 heavy (non-hydrogen) atoms. The molecule has 10 heteroatoms. The molecule has 0 aliphatic carbocycles. The first-order chi connectivity index (χ1) is 17.1. The summed E-state index contributed by atoms with van der Waals surface area (Å²) in [6.45, 7) is 15.9. The number of rotatable bonds is 4. The highest BCUT2D eigenvalue weighted by atomic mass is 35.5. The lowest BCUT2D eigenvalue weighted by atomic mass is 10.0. The maximum atomic E-state index is 13.6. The summed E-state index contributed by atoms with van der Waals surface area (Å²) in [5, 5.41) is 3.50. The number of nitrogens with one attached hydrogen (secondary N) is 1. The normalized spacial score (nSPS) is 20.6. The molecule has 206 valence electrons. The first kappa shape index (κ1) is 28.9. The third-order valence-electron chi connectivity index (χ3n) is 6.41. The average molecular weight is 537 g/mol. The van der Waals surface area contributed by atoms with Gasteiger partial charge in [-0.2, -0.15) is 0 Å². The molecule has 0 radical (unpaired) electrons. The standard InChI is InChI=1S/C27H41ClN4O5/c1-18-20(28)9-8-10-21(18)30-11-13-31(14-12-30)23(33)22-15-19(16-29-24(34)36-26(2,3)4)17-32(22)25(35)37-27(5,6)7/h8-10,19,22H,11-17H2,1-7H3,(H,29,34). The van der Waals surface area contributed by atoms with E-state index in [2.05, 4.69) is 10.2 Å². The number of carbonyl (C=O) groups excluding carboxylic acids is 3. The summed E-state index contributed by atoms with van der Waals surface area (Å²) in [4.78, 5) is 44.4. The molecule has 9 nitrogen and oxygen atoms in total. The zero-order chi connectivity index (χ0) is 27.5. The monoisotopic (exact) mass is 536 g/mol. The maximum absolute atomic E-state index is 13.6. The van der Waals surface area contributed by atoms with Crippen LogP contribution in [0.3, 0.4) is 0 Å². The number of amides is 3. The molecule has 2 atom stereocenters. The van der Waals surface area contributed by atoms with Gasteiger partial charge in [-0.3, -0.25) is 9.69 Å². The van der Waals surface area contributed by atoms with Crippen molar-refractivity contribution >= 4 is 35.4 Å². The van der Waals surface area contributed by atoms with Gasteiger partial charge in [-0.05, 0) is 78.5 Å². The number of nitrogens with zero attached hydrogens (tertiary/aromatic N) is 3. The molecular formula is C27H41ClN4O5. The van der Waals surface area contributed by atoms with E-state index in [1.807, 2.05) is 30.0 Å². The van der Waals surface area contributed by atoms with E-state index in [-0.39, 0.29) is 11.8 Å². The predicted octanol–water partition coefficient (Wildman–Crippen LogP) is 4.45. The Morgan fingerprint density at radius 3 is 2.22 bits per heavy atom. The van der Waals surface area contributed by atoms with Gasteiger partial charge < -0.3 is 24.6 Å². The number of piperazine rings is 1. The number of ether oxygens (including phenoxy) is 2. The number of alkyl carbamates (subject to hydrolysis) is 1. The summed E-state index contributed by atoms with van der Waals surface area (Å²) in [7, 11) is 0. The second-order valence-electron chi connectivity index (χ2n) is 11.8. The molecule has 3 amide bonds. The third kappa shape index (κ3) is 7.90. The number of benzene rings is 1. The van der Waals surface area contributed by atoms with Crippen molar-refractivity contribution in [2.45, 2.75) is 72.1 Å². The minimum absolute atomic E-state index is 0.0897. The van der Waals surface area contributed by atoms with Crippen molar-refractivity contribution < 1.29 is 23.9 Å². The van der Waals surface area contributed by atoms with Gasteiger partial charge in [0.25, 0.3) is 0 Å². The summed E-state index contributed by atoms with van der Waals surface area (Å²) in [5.74, 6) is -0.183. The van der Waals surface area contributed by atoms with Crippen LogP contribution in [0.4, 0.5) is 15.3 Å². The summed E-state index contributed by atoms with van der Waals surface area (Å²) < 4.78 is 10.9. The molecule has 1 aromatic rings. The Kier molecular flexibility index (Phi) is 8.88. The molecule has 1 aromatic carbocycles. The Morgan fingerprint density at radius 1 is 1.00 bits per heavy atom. The van der Waals surface area contributed by atoms with Crippen molar-refractivity contribution in [3.05, 3.63) is 28.8 Å². The summed E-state index contributed by atoms with van der Waals surface area (Å²) >= 11 is 6.31. The molecule has 0 bridgehead atoms. The quantitative estimate of drug-likeness (QED) is 0.611. The van der Waals surface area contributed by atoms with Gasteiger partial charge in [0.05, 0.1) is 0 Å². The molecule has 0 spiro atoms. The third-order valence-corrected chi connectivity index (χ3v) is 6.82. The van der Waals surface area contributed by atoms with Crippen molar-refractivity contribution in [2.75, 3.05) is 44.2 Å². The van der Waals surface area contributed by atoms with Crippen LogP contribution in [0.2, 0.25) is 5.02 Å². The minimum Gasteiger partial charge on any atom is -0.444 e. The lowest BCUT2D eigenvalue weighted by molar-refractivity contribution is -0.136. The Labute approximate surface area is 225 Å². The van der Waals surface area contributed by atoms with Gasteiger partial charge in [-0.25, -0.2) is 9.59 Å². The van der Waals surface area contributed by atoms with Gasteiger partial charge in [-0.1, -0.05) is 17.7 Å². The van der Waals surface area contributed by atoms with E-state index in [0.717, 1.165) is 16.3 Å². The molecular weight excluding hydrogens is 496 g/mol. The van der Waals surface area contributed by atoms with Gasteiger partial charge in [0.2, 0.25) is 5.91 Å². The van der Waals surface area contributed by atoms with E-state index in [4.69, 9.17) is 21.1 Å². The lowest BCUT2D eigenvalue weighted by Gasteiger charge is -2.39. The fourth-order valence-corrected chi connectivity index (χ4v) is 4.86. The molecule has 0 saturated carbocycles. The Hall–Kier alpha value is -2.68. The molecule has 2 aliphatic heterocycles. The summed E-state index contributed by atoms with van der Waals surface area (Å²) in [5.41, 5.74) is 0.810. The smallest absolute Gasteiger partial charge is 0.410 e. The molecule has 3 rings (SSSR count). The zero-order valence-electron chi connectivity index (χ0n) is 23.1. The van der Waals surface area contributed by atoms with Crippen LogP contribution in [-0.4, -0.2) is 84.4 Å². The van der Waals surface area contributed by atoms with Crippen LogP contribution in [0.25, 0.3) is 0 Å². The van der Waals surface area contributed by atoms with Gasteiger partial charge >= 0.3 is 12.2 Å². The van der Waals surface area contributed by atoms with Crippen LogP contribution in [0.5, 0.6) is 0 Å². The molecule has 2 fully saturated rings. The van der Waals surface area contributed by atoms with E-state index in [0.29, 0.717) is 45.7 Å². The van der Waals surface area contributed by atoms with Gasteiger partial charge in [0.1, 0.15) is 17.2 Å². The van der Waals surface area contributed by atoms with Crippen molar-refractivity contribution in [3.63, 3.8) is 0 Å². The Bertz CT molecular complexity index is 995. The largest absolute Gasteiger partial charge is 0.444 e. The molecule has 2 saturated heterocycles. The topological polar surface area (TPSA) is 91.4 Å². The highest BCUT2D eigenvalue weighted by Crippen LogP contribution is 2.30. The van der Waals surface area contributed by atoms with E-state index in [1.54, 1.807) is 41.5 Å². The van der Waals surface area contributed by atoms with Crippen LogP contribution < -0.4 is 10.2 Å². The second-order valence-corrected chi connectivity index (χ2v) is 12.2. The maximum Gasteiger partial charge on any atom is 0.410 e. The van der Waals surface area contributed by atoms with Crippen molar-refractivity contribution in [1.82, 2.24) is 15.1 Å².